The van der Waals surface area contributed by atoms with Crippen LogP contribution in [0.2, 0.25) is 5.02 Å². The highest BCUT2D eigenvalue weighted by Gasteiger charge is 2.35. The van der Waals surface area contributed by atoms with Crippen LogP contribution in [-0.4, -0.2) is 30.8 Å². The van der Waals surface area contributed by atoms with Gasteiger partial charge in [-0.2, -0.15) is 4.31 Å². The van der Waals surface area contributed by atoms with E-state index in [0.717, 1.165) is 12.8 Å². The van der Waals surface area contributed by atoms with Crippen molar-refractivity contribution in [1.29, 1.82) is 0 Å². The topological polar surface area (TPSA) is 70.2 Å². The number of H-pyrrole nitrogens is 1. The summed E-state index contributed by atoms with van der Waals surface area (Å²) in [5.74, 6) is 0. The van der Waals surface area contributed by atoms with Crippen LogP contribution in [0.4, 0.5) is 0 Å². The largest absolute Gasteiger partial charge is 0.326 e. The van der Waals surface area contributed by atoms with E-state index in [1.54, 1.807) is 0 Å². The van der Waals surface area contributed by atoms with Gasteiger partial charge in [-0.05, 0) is 18.9 Å². The SMILES string of the molecule is CN(C1CC1)S(=O)(=O)c1c[nH]c(=O)c(Cl)c1. The van der Waals surface area contributed by atoms with Crippen LogP contribution in [0.1, 0.15) is 12.8 Å². The molecule has 1 aromatic rings. The van der Waals surface area contributed by atoms with Gasteiger partial charge in [-0.3, -0.25) is 4.79 Å². The second kappa shape index (κ2) is 3.87. The molecule has 5 nitrogen and oxygen atoms in total. The highest BCUT2D eigenvalue weighted by Crippen LogP contribution is 2.30. The molecule has 0 bridgehead atoms. The Kier molecular flexibility index (Phi) is 2.81. The molecule has 16 heavy (non-hydrogen) atoms. The minimum absolute atomic E-state index is 0.0199. The van der Waals surface area contributed by atoms with Gasteiger partial charge in [0.1, 0.15) is 5.02 Å². The molecule has 0 amide bonds. The highest BCUT2D eigenvalue weighted by molar-refractivity contribution is 7.89. The molecule has 0 unspecified atom stereocenters. The number of pyridine rings is 1. The van der Waals surface area contributed by atoms with E-state index < -0.39 is 15.6 Å². The number of aromatic amines is 1. The molecule has 0 aliphatic heterocycles. The Balaban J connectivity index is 2.42. The molecule has 1 saturated carbocycles. The molecule has 0 atom stereocenters. The maximum absolute atomic E-state index is 12.0. The second-order valence-electron chi connectivity index (χ2n) is 3.76. The van der Waals surface area contributed by atoms with Crippen LogP contribution in [0, 0.1) is 0 Å². The van der Waals surface area contributed by atoms with Gasteiger partial charge in [-0.25, -0.2) is 8.42 Å². The molecule has 7 heteroatoms. The first-order chi connectivity index (χ1) is 7.43. The van der Waals surface area contributed by atoms with Crippen LogP contribution >= 0.6 is 11.6 Å². The zero-order valence-electron chi connectivity index (χ0n) is 8.60. The first kappa shape index (κ1) is 11.6. The average Bonchev–Trinajstić information content (AvgIpc) is 3.04. The van der Waals surface area contributed by atoms with Crippen LogP contribution in [0.5, 0.6) is 0 Å². The highest BCUT2D eigenvalue weighted by atomic mass is 35.5. The number of sulfonamides is 1. The number of aromatic nitrogens is 1. The minimum Gasteiger partial charge on any atom is -0.326 e. The third-order valence-corrected chi connectivity index (χ3v) is 4.74. The third-order valence-electron chi connectivity index (χ3n) is 2.57. The van der Waals surface area contributed by atoms with Crippen LogP contribution in [0.3, 0.4) is 0 Å². The summed E-state index contributed by atoms with van der Waals surface area (Å²) in [6.45, 7) is 0. The van der Waals surface area contributed by atoms with Crippen LogP contribution < -0.4 is 5.56 Å². The smallest absolute Gasteiger partial charge is 0.266 e. The summed E-state index contributed by atoms with van der Waals surface area (Å²) >= 11 is 5.59. The molecule has 2 rings (SSSR count). The Hall–Kier alpha value is -0.850. The summed E-state index contributed by atoms with van der Waals surface area (Å²) in [7, 11) is -2.00. The van der Waals surface area contributed by atoms with E-state index in [9.17, 15) is 13.2 Å². The predicted octanol–water partition coefficient (Wildman–Crippen LogP) is 0.811. The van der Waals surface area contributed by atoms with Gasteiger partial charge in [-0.1, -0.05) is 11.6 Å². The fourth-order valence-electron chi connectivity index (χ4n) is 1.39. The van der Waals surface area contributed by atoms with E-state index in [4.69, 9.17) is 11.6 Å². The lowest BCUT2D eigenvalue weighted by Gasteiger charge is -2.15. The van der Waals surface area contributed by atoms with Gasteiger partial charge in [0.25, 0.3) is 5.56 Å². The third kappa shape index (κ3) is 2.00. The molecule has 1 heterocycles. The number of hydrogen-bond donors (Lipinski definition) is 1. The Morgan fingerprint density at radius 1 is 1.50 bits per heavy atom. The van der Waals surface area contributed by atoms with Gasteiger partial charge in [0.15, 0.2) is 0 Å². The number of rotatable bonds is 3. The minimum atomic E-state index is -3.54. The van der Waals surface area contributed by atoms with Gasteiger partial charge in [0.05, 0.1) is 4.90 Å². The van der Waals surface area contributed by atoms with E-state index in [-0.39, 0.29) is 16.0 Å². The summed E-state index contributed by atoms with van der Waals surface area (Å²) < 4.78 is 25.4. The van der Waals surface area contributed by atoms with Crippen molar-refractivity contribution >= 4 is 21.6 Å². The van der Waals surface area contributed by atoms with E-state index in [1.165, 1.54) is 23.6 Å². The van der Waals surface area contributed by atoms with Crippen molar-refractivity contribution in [3.63, 3.8) is 0 Å². The summed E-state index contributed by atoms with van der Waals surface area (Å²) in [4.78, 5) is 13.3. The number of nitrogens with one attached hydrogen (secondary N) is 1. The van der Waals surface area contributed by atoms with E-state index in [0.29, 0.717) is 0 Å². The summed E-state index contributed by atoms with van der Waals surface area (Å²) in [5.41, 5.74) is -0.491. The number of nitrogens with zero attached hydrogens (tertiary/aromatic N) is 1. The zero-order chi connectivity index (χ0) is 11.9. The van der Waals surface area contributed by atoms with Crippen LogP contribution in [0.15, 0.2) is 22.0 Å². The molecule has 88 valence electrons. The van der Waals surface area contributed by atoms with Crippen molar-refractivity contribution in [3.05, 3.63) is 27.6 Å². The Morgan fingerprint density at radius 2 is 2.12 bits per heavy atom. The summed E-state index contributed by atoms with van der Waals surface area (Å²) in [6, 6.07) is 1.25. The average molecular weight is 263 g/mol. The number of halogens is 1. The molecule has 0 saturated heterocycles. The molecule has 0 spiro atoms. The quantitative estimate of drug-likeness (QED) is 0.876. The van der Waals surface area contributed by atoms with Crippen molar-refractivity contribution in [2.24, 2.45) is 0 Å². The van der Waals surface area contributed by atoms with Gasteiger partial charge < -0.3 is 4.98 Å². The van der Waals surface area contributed by atoms with Gasteiger partial charge >= 0.3 is 0 Å². The second-order valence-corrected chi connectivity index (χ2v) is 6.17. The van der Waals surface area contributed by atoms with Crippen LogP contribution in [0.25, 0.3) is 0 Å². The summed E-state index contributed by atoms with van der Waals surface area (Å²) in [6.07, 6.45) is 2.93. The fraction of sp³-hybridized carbons (Fsp3) is 0.444. The lowest BCUT2D eigenvalue weighted by molar-refractivity contribution is 0.464. The molecule has 0 aromatic carbocycles. The predicted molar refractivity (Wildman–Crippen MR) is 60.0 cm³/mol. The zero-order valence-corrected chi connectivity index (χ0v) is 10.2. The van der Waals surface area contributed by atoms with E-state index in [2.05, 4.69) is 4.98 Å². The Bertz CT molecular complexity index is 562. The first-order valence-corrected chi connectivity index (χ1v) is 6.61. The maximum Gasteiger partial charge on any atom is 0.266 e. The van der Waals surface area contributed by atoms with Crippen LogP contribution in [-0.2, 0) is 10.0 Å². The van der Waals surface area contributed by atoms with Crippen molar-refractivity contribution in [3.8, 4) is 0 Å². The molecule has 1 fully saturated rings. The normalized spacial score (nSPS) is 16.7. The Labute approximate surface area is 98.1 Å². The fourth-order valence-corrected chi connectivity index (χ4v) is 3.03. The molecule has 0 radical (unpaired) electrons. The maximum atomic E-state index is 12.0. The molecule has 1 N–H and O–H groups in total. The monoisotopic (exact) mass is 262 g/mol. The lowest BCUT2D eigenvalue weighted by Crippen LogP contribution is -2.29. The standard InChI is InChI=1S/C9H11ClN2O3S/c1-12(6-2-3-6)16(14,15)7-4-8(10)9(13)11-5-7/h4-6H,2-3H2,1H3,(H,11,13). The van der Waals surface area contributed by atoms with Gasteiger partial charge in [0, 0.05) is 19.3 Å². The molecule has 1 aromatic heterocycles. The van der Waals surface area contributed by atoms with Crippen molar-refractivity contribution < 1.29 is 8.42 Å². The van der Waals surface area contributed by atoms with Gasteiger partial charge in [-0.15, -0.1) is 0 Å². The van der Waals surface area contributed by atoms with Crippen molar-refractivity contribution in [1.82, 2.24) is 9.29 Å². The first-order valence-electron chi connectivity index (χ1n) is 4.79. The van der Waals surface area contributed by atoms with Crippen molar-refractivity contribution in [2.75, 3.05) is 7.05 Å². The molecule has 1 aliphatic carbocycles. The number of hydrogen-bond acceptors (Lipinski definition) is 3. The molecular weight excluding hydrogens is 252 g/mol. The van der Waals surface area contributed by atoms with E-state index in [1.807, 2.05) is 0 Å². The lowest BCUT2D eigenvalue weighted by atomic mass is 10.5. The van der Waals surface area contributed by atoms with Crippen molar-refractivity contribution in [2.45, 2.75) is 23.8 Å². The molecule has 1 aliphatic rings. The molecular formula is C9H11ClN2O3S. The Morgan fingerprint density at radius 3 is 2.62 bits per heavy atom. The van der Waals surface area contributed by atoms with Gasteiger partial charge in [0.2, 0.25) is 10.0 Å². The van der Waals surface area contributed by atoms with E-state index >= 15 is 0 Å². The summed E-state index contributed by atoms with van der Waals surface area (Å²) in [5, 5.41) is -0.120.